The lowest BCUT2D eigenvalue weighted by Crippen LogP contribution is -2.49. The van der Waals surface area contributed by atoms with Crippen molar-refractivity contribution in [2.24, 2.45) is 5.92 Å². The van der Waals surface area contributed by atoms with Gasteiger partial charge < -0.3 is 14.5 Å². The summed E-state index contributed by atoms with van der Waals surface area (Å²) in [6.45, 7) is 8.61. The summed E-state index contributed by atoms with van der Waals surface area (Å²) in [7, 11) is 0. The topological polar surface area (TPSA) is 49.9 Å². The molecule has 1 aliphatic rings. The number of fused-ring (bicyclic) bond motifs is 1. The van der Waals surface area contributed by atoms with Crippen molar-refractivity contribution in [2.75, 3.05) is 19.7 Å². The Morgan fingerprint density at radius 3 is 2.65 bits per heavy atom. The third kappa shape index (κ3) is 5.64. The number of ether oxygens (including phenoxy) is 1. The molecule has 0 saturated carbocycles. The minimum atomic E-state index is -0.424. The van der Waals surface area contributed by atoms with Gasteiger partial charge >= 0.3 is 0 Å². The summed E-state index contributed by atoms with van der Waals surface area (Å²) in [5, 5.41) is 2.02. The zero-order chi connectivity index (χ0) is 22.5. The third-order valence-corrected chi connectivity index (χ3v) is 6.48. The van der Waals surface area contributed by atoms with E-state index in [-0.39, 0.29) is 48.7 Å². The summed E-state index contributed by atoms with van der Waals surface area (Å²) in [5.41, 5.74) is 1.05. The molecule has 0 radical (unpaired) electrons. The molecule has 168 valence electrons. The van der Waals surface area contributed by atoms with E-state index in [1.54, 1.807) is 39.3 Å². The molecule has 5 nitrogen and oxygen atoms in total. The van der Waals surface area contributed by atoms with Crippen LogP contribution in [-0.4, -0.2) is 47.4 Å². The van der Waals surface area contributed by atoms with Crippen LogP contribution in [0.4, 0.5) is 4.39 Å². The molecule has 2 aromatic rings. The first-order valence-electron chi connectivity index (χ1n) is 10.8. The Morgan fingerprint density at radius 2 is 1.97 bits per heavy atom. The SMILES string of the molecule is CC(C)CC(=O)N(CC(=O)N1CCc2sccc2C1COc1ccccc1F)C(C)C. The fourth-order valence-electron chi connectivity index (χ4n) is 3.87. The quantitative estimate of drug-likeness (QED) is 0.592. The molecule has 0 spiro atoms. The normalized spacial score (nSPS) is 15.8. The molecular weight excluding hydrogens is 415 g/mol. The van der Waals surface area contributed by atoms with Crippen LogP contribution in [0.5, 0.6) is 5.75 Å². The number of carbonyl (C=O) groups excluding carboxylic acids is 2. The minimum absolute atomic E-state index is 0.00858. The van der Waals surface area contributed by atoms with Crippen LogP contribution in [0, 0.1) is 11.7 Å². The van der Waals surface area contributed by atoms with Gasteiger partial charge in [-0.25, -0.2) is 4.39 Å². The predicted molar refractivity (Wildman–Crippen MR) is 121 cm³/mol. The highest BCUT2D eigenvalue weighted by atomic mass is 32.1. The number of amides is 2. The molecule has 0 aliphatic carbocycles. The van der Waals surface area contributed by atoms with Gasteiger partial charge in [-0.3, -0.25) is 9.59 Å². The van der Waals surface area contributed by atoms with Crippen molar-refractivity contribution >= 4 is 23.2 Å². The van der Waals surface area contributed by atoms with Crippen LogP contribution in [0.3, 0.4) is 0 Å². The van der Waals surface area contributed by atoms with E-state index in [9.17, 15) is 14.0 Å². The predicted octanol–water partition coefficient (Wildman–Crippen LogP) is 4.68. The van der Waals surface area contributed by atoms with Crippen molar-refractivity contribution in [3.63, 3.8) is 0 Å². The summed E-state index contributed by atoms with van der Waals surface area (Å²) >= 11 is 1.67. The van der Waals surface area contributed by atoms with E-state index in [1.165, 1.54) is 10.9 Å². The standard InChI is InChI=1S/C24H31FN2O3S/c1-16(2)13-23(28)27(17(3)4)14-24(29)26-11-9-22-18(10-12-31-22)20(26)15-30-21-8-6-5-7-19(21)25/h5-8,10,12,16-17,20H,9,11,13-15H2,1-4H3. The van der Waals surface area contributed by atoms with Gasteiger partial charge in [-0.15, -0.1) is 11.3 Å². The number of benzene rings is 1. The highest BCUT2D eigenvalue weighted by Gasteiger charge is 2.34. The van der Waals surface area contributed by atoms with Gasteiger partial charge in [0, 0.05) is 23.9 Å². The number of hydrogen-bond donors (Lipinski definition) is 0. The molecule has 0 N–H and O–H groups in total. The lowest BCUT2D eigenvalue weighted by atomic mass is 10.00. The fraction of sp³-hybridized carbons (Fsp3) is 0.500. The lowest BCUT2D eigenvalue weighted by molar-refractivity contribution is -0.144. The Labute approximate surface area is 187 Å². The summed E-state index contributed by atoms with van der Waals surface area (Å²) in [6, 6.07) is 7.92. The van der Waals surface area contributed by atoms with Gasteiger partial charge in [-0.2, -0.15) is 0 Å². The maximum Gasteiger partial charge on any atom is 0.242 e. The minimum Gasteiger partial charge on any atom is -0.488 e. The average Bonchev–Trinajstić information content (AvgIpc) is 3.19. The monoisotopic (exact) mass is 446 g/mol. The average molecular weight is 447 g/mol. The number of thiophene rings is 1. The van der Waals surface area contributed by atoms with E-state index < -0.39 is 5.82 Å². The molecule has 1 aromatic carbocycles. The summed E-state index contributed by atoms with van der Waals surface area (Å²) in [4.78, 5) is 30.7. The number of nitrogens with zero attached hydrogens (tertiary/aromatic N) is 2. The van der Waals surface area contributed by atoms with Crippen molar-refractivity contribution in [3.05, 3.63) is 52.0 Å². The molecule has 2 amide bonds. The molecule has 7 heteroatoms. The van der Waals surface area contributed by atoms with Crippen LogP contribution in [0.1, 0.15) is 50.6 Å². The van der Waals surface area contributed by atoms with Crippen LogP contribution in [0.25, 0.3) is 0 Å². The van der Waals surface area contributed by atoms with E-state index in [4.69, 9.17) is 4.74 Å². The molecule has 1 atom stereocenters. The smallest absolute Gasteiger partial charge is 0.242 e. The van der Waals surface area contributed by atoms with E-state index in [2.05, 4.69) is 0 Å². The maximum atomic E-state index is 14.0. The van der Waals surface area contributed by atoms with Gasteiger partial charge in [0.2, 0.25) is 11.8 Å². The summed E-state index contributed by atoms with van der Waals surface area (Å²) in [6.07, 6.45) is 1.19. The number of para-hydroxylation sites is 1. The van der Waals surface area contributed by atoms with Crippen LogP contribution >= 0.6 is 11.3 Å². The van der Waals surface area contributed by atoms with Crippen molar-refractivity contribution in [3.8, 4) is 5.75 Å². The first-order chi connectivity index (χ1) is 14.8. The molecule has 3 rings (SSSR count). The van der Waals surface area contributed by atoms with Gasteiger partial charge in [-0.05, 0) is 55.3 Å². The van der Waals surface area contributed by atoms with Gasteiger partial charge in [-0.1, -0.05) is 26.0 Å². The van der Waals surface area contributed by atoms with Crippen molar-refractivity contribution in [1.82, 2.24) is 9.80 Å². The Balaban J connectivity index is 1.78. The molecule has 2 heterocycles. The molecular formula is C24H31FN2O3S. The van der Waals surface area contributed by atoms with E-state index in [0.717, 1.165) is 12.0 Å². The second-order valence-corrected chi connectivity index (χ2v) is 9.61. The highest BCUT2D eigenvalue weighted by molar-refractivity contribution is 7.10. The van der Waals surface area contributed by atoms with Crippen LogP contribution in [-0.2, 0) is 16.0 Å². The molecule has 1 aromatic heterocycles. The number of hydrogen-bond acceptors (Lipinski definition) is 4. The largest absolute Gasteiger partial charge is 0.488 e. The maximum absolute atomic E-state index is 14.0. The highest BCUT2D eigenvalue weighted by Crippen LogP contribution is 2.34. The molecule has 0 bridgehead atoms. The van der Waals surface area contributed by atoms with Crippen molar-refractivity contribution < 1.29 is 18.7 Å². The van der Waals surface area contributed by atoms with Crippen LogP contribution in [0.15, 0.2) is 35.7 Å². The Hall–Kier alpha value is -2.41. The van der Waals surface area contributed by atoms with Gasteiger partial charge in [0.15, 0.2) is 11.6 Å². The van der Waals surface area contributed by atoms with Crippen molar-refractivity contribution in [1.29, 1.82) is 0 Å². The fourth-order valence-corrected chi connectivity index (χ4v) is 4.80. The second kappa shape index (κ2) is 10.3. The van der Waals surface area contributed by atoms with Gasteiger partial charge in [0.05, 0.1) is 12.6 Å². The van der Waals surface area contributed by atoms with Gasteiger partial charge in [0.1, 0.15) is 6.61 Å². The Kier molecular flexibility index (Phi) is 7.70. The zero-order valence-electron chi connectivity index (χ0n) is 18.6. The Morgan fingerprint density at radius 1 is 1.23 bits per heavy atom. The molecule has 0 saturated heterocycles. The zero-order valence-corrected chi connectivity index (χ0v) is 19.5. The third-order valence-electron chi connectivity index (χ3n) is 5.48. The first-order valence-corrected chi connectivity index (χ1v) is 11.7. The van der Waals surface area contributed by atoms with Crippen LogP contribution in [0.2, 0.25) is 0 Å². The Bertz CT molecular complexity index is 912. The van der Waals surface area contributed by atoms with Crippen molar-refractivity contribution in [2.45, 2.75) is 52.6 Å². The van der Waals surface area contributed by atoms with Gasteiger partial charge in [0.25, 0.3) is 0 Å². The summed E-state index contributed by atoms with van der Waals surface area (Å²) in [5.74, 6) is -0.134. The lowest BCUT2D eigenvalue weighted by Gasteiger charge is -2.37. The van der Waals surface area contributed by atoms with Crippen LogP contribution < -0.4 is 4.74 Å². The number of rotatable bonds is 8. The van der Waals surface area contributed by atoms with E-state index in [0.29, 0.717) is 13.0 Å². The second-order valence-electron chi connectivity index (χ2n) is 8.61. The number of halogens is 1. The van der Waals surface area contributed by atoms with E-state index >= 15 is 0 Å². The first kappa shape index (κ1) is 23.3. The molecule has 1 aliphatic heterocycles. The van der Waals surface area contributed by atoms with E-state index in [1.807, 2.05) is 39.1 Å². The summed E-state index contributed by atoms with van der Waals surface area (Å²) < 4.78 is 19.8. The molecule has 31 heavy (non-hydrogen) atoms. The number of carbonyl (C=O) groups is 2. The molecule has 0 fully saturated rings. The molecule has 1 unspecified atom stereocenters.